The van der Waals surface area contributed by atoms with Gasteiger partial charge in [0.1, 0.15) is 5.82 Å². The quantitative estimate of drug-likeness (QED) is 0.644. The average molecular weight is 239 g/mol. The van der Waals surface area contributed by atoms with Crippen LogP contribution in [0.4, 0.5) is 10.1 Å². The Balaban J connectivity index is 2.27. The smallest absolute Gasteiger partial charge is 0.309 e. The summed E-state index contributed by atoms with van der Waals surface area (Å²) in [6, 6.07) is 3.20. The summed E-state index contributed by atoms with van der Waals surface area (Å²) in [7, 11) is 0. The van der Waals surface area contributed by atoms with Crippen molar-refractivity contribution in [3.05, 3.63) is 39.7 Å². The van der Waals surface area contributed by atoms with E-state index in [0.29, 0.717) is 18.4 Å². The predicted octanol–water partition coefficient (Wildman–Crippen LogP) is 2.14. The highest BCUT2D eigenvalue weighted by atomic mass is 19.1. The summed E-state index contributed by atoms with van der Waals surface area (Å²) in [6.07, 6.45) is 1.21. The fourth-order valence-electron chi connectivity index (χ4n) is 1.85. The maximum absolute atomic E-state index is 13.1. The van der Waals surface area contributed by atoms with Gasteiger partial charge in [0.25, 0.3) is 5.69 Å². The Bertz CT molecular complexity index is 496. The molecule has 1 aromatic rings. The Morgan fingerprint density at radius 1 is 1.47 bits per heavy atom. The molecule has 0 aliphatic heterocycles. The molecule has 6 heteroatoms. The second kappa shape index (κ2) is 3.80. The number of benzene rings is 1. The normalized spacial score (nSPS) is 16.5. The van der Waals surface area contributed by atoms with E-state index in [-0.39, 0.29) is 12.1 Å². The van der Waals surface area contributed by atoms with E-state index in [2.05, 4.69) is 0 Å². The molecule has 0 unspecified atom stereocenters. The van der Waals surface area contributed by atoms with E-state index in [1.165, 1.54) is 6.07 Å². The van der Waals surface area contributed by atoms with E-state index < -0.39 is 22.1 Å². The highest BCUT2D eigenvalue weighted by molar-refractivity contribution is 5.78. The Morgan fingerprint density at radius 2 is 2.12 bits per heavy atom. The Kier molecular flexibility index (Phi) is 2.57. The number of nitro benzene ring substituents is 1. The molecular formula is C11H10FNO4. The van der Waals surface area contributed by atoms with E-state index >= 15 is 0 Å². The number of non-ortho nitro benzene ring substituents is 1. The molecule has 5 nitrogen and oxygen atoms in total. The van der Waals surface area contributed by atoms with Crippen molar-refractivity contribution in [2.24, 2.45) is 5.41 Å². The lowest BCUT2D eigenvalue weighted by molar-refractivity contribution is -0.385. The van der Waals surface area contributed by atoms with Crippen LogP contribution in [0.2, 0.25) is 0 Å². The average Bonchev–Trinajstić information content (AvgIpc) is 2.97. The number of nitrogens with zero attached hydrogens (tertiary/aromatic N) is 1. The highest BCUT2D eigenvalue weighted by Gasteiger charge is 2.50. The first kappa shape index (κ1) is 11.5. The van der Waals surface area contributed by atoms with Gasteiger partial charge in [0, 0.05) is 6.07 Å². The van der Waals surface area contributed by atoms with Gasteiger partial charge in [-0.2, -0.15) is 0 Å². The van der Waals surface area contributed by atoms with Crippen LogP contribution in [0, 0.1) is 21.3 Å². The van der Waals surface area contributed by atoms with Crippen LogP contribution >= 0.6 is 0 Å². The van der Waals surface area contributed by atoms with Crippen molar-refractivity contribution in [3.8, 4) is 0 Å². The molecule has 1 fully saturated rings. The molecule has 0 spiro atoms. The molecule has 1 aliphatic rings. The third-order valence-electron chi connectivity index (χ3n) is 3.00. The van der Waals surface area contributed by atoms with Crippen LogP contribution in [0.5, 0.6) is 0 Å². The third-order valence-corrected chi connectivity index (χ3v) is 3.00. The molecule has 17 heavy (non-hydrogen) atoms. The number of carboxylic acid groups (broad SMARTS) is 1. The fourth-order valence-corrected chi connectivity index (χ4v) is 1.85. The van der Waals surface area contributed by atoms with Crippen molar-refractivity contribution in [3.63, 3.8) is 0 Å². The first-order valence-electron chi connectivity index (χ1n) is 5.10. The van der Waals surface area contributed by atoms with Gasteiger partial charge in [-0.25, -0.2) is 4.39 Å². The molecule has 1 N–H and O–H groups in total. The molecule has 0 radical (unpaired) electrons. The number of halogens is 1. The Morgan fingerprint density at radius 3 is 2.59 bits per heavy atom. The number of aliphatic carboxylic acids is 1. The van der Waals surface area contributed by atoms with E-state index in [9.17, 15) is 19.3 Å². The number of carbonyl (C=O) groups is 1. The van der Waals surface area contributed by atoms with Crippen LogP contribution in [-0.4, -0.2) is 16.0 Å². The molecule has 0 amide bonds. The van der Waals surface area contributed by atoms with Gasteiger partial charge in [-0.3, -0.25) is 14.9 Å². The molecule has 0 bridgehead atoms. The zero-order chi connectivity index (χ0) is 12.6. The Labute approximate surface area is 96.0 Å². The van der Waals surface area contributed by atoms with Crippen LogP contribution in [0.3, 0.4) is 0 Å². The van der Waals surface area contributed by atoms with Crippen molar-refractivity contribution in [1.82, 2.24) is 0 Å². The number of hydrogen-bond acceptors (Lipinski definition) is 3. The topological polar surface area (TPSA) is 80.4 Å². The largest absolute Gasteiger partial charge is 0.481 e. The summed E-state index contributed by atoms with van der Waals surface area (Å²) < 4.78 is 13.1. The van der Waals surface area contributed by atoms with E-state index in [1.54, 1.807) is 0 Å². The second-order valence-electron chi connectivity index (χ2n) is 4.34. The zero-order valence-corrected chi connectivity index (χ0v) is 8.85. The van der Waals surface area contributed by atoms with Gasteiger partial charge in [-0.15, -0.1) is 0 Å². The van der Waals surface area contributed by atoms with Gasteiger partial charge >= 0.3 is 5.97 Å². The maximum Gasteiger partial charge on any atom is 0.309 e. The summed E-state index contributed by atoms with van der Waals surface area (Å²) in [5.74, 6) is -1.64. The fraction of sp³-hybridized carbons (Fsp3) is 0.364. The number of nitro groups is 1. The third kappa shape index (κ3) is 2.25. The van der Waals surface area contributed by atoms with Crippen LogP contribution in [-0.2, 0) is 11.2 Å². The monoisotopic (exact) mass is 239 g/mol. The zero-order valence-electron chi connectivity index (χ0n) is 8.85. The minimum absolute atomic E-state index is 0.140. The van der Waals surface area contributed by atoms with Gasteiger partial charge in [0.2, 0.25) is 0 Å². The molecular weight excluding hydrogens is 229 g/mol. The second-order valence-corrected chi connectivity index (χ2v) is 4.34. The first-order valence-corrected chi connectivity index (χ1v) is 5.10. The van der Waals surface area contributed by atoms with Crippen molar-refractivity contribution in [1.29, 1.82) is 0 Å². The van der Waals surface area contributed by atoms with Gasteiger partial charge in [-0.1, -0.05) is 0 Å². The Hall–Kier alpha value is -1.98. The summed E-state index contributed by atoms with van der Waals surface area (Å²) in [5, 5.41) is 19.5. The van der Waals surface area contributed by atoms with Gasteiger partial charge in [-0.05, 0) is 30.9 Å². The summed E-state index contributed by atoms with van der Waals surface area (Å²) in [5.41, 5.74) is -0.834. The summed E-state index contributed by atoms with van der Waals surface area (Å²) >= 11 is 0. The SMILES string of the molecule is O=C(O)C1(Cc2cc(F)cc([N+](=O)[O-])c2)CC1. The summed E-state index contributed by atoms with van der Waals surface area (Å²) in [4.78, 5) is 20.8. The lowest BCUT2D eigenvalue weighted by atomic mass is 9.96. The molecule has 0 aromatic heterocycles. The van der Waals surface area contributed by atoms with Gasteiger partial charge < -0.3 is 5.11 Å². The van der Waals surface area contributed by atoms with Crippen LogP contribution < -0.4 is 0 Å². The van der Waals surface area contributed by atoms with Crippen LogP contribution in [0.1, 0.15) is 18.4 Å². The molecule has 0 heterocycles. The van der Waals surface area contributed by atoms with E-state index in [0.717, 1.165) is 12.1 Å². The molecule has 1 saturated carbocycles. The molecule has 1 aliphatic carbocycles. The molecule has 0 saturated heterocycles. The predicted molar refractivity (Wildman–Crippen MR) is 56.1 cm³/mol. The van der Waals surface area contributed by atoms with Crippen molar-refractivity contribution in [2.45, 2.75) is 19.3 Å². The van der Waals surface area contributed by atoms with Crippen molar-refractivity contribution >= 4 is 11.7 Å². The van der Waals surface area contributed by atoms with Crippen LogP contribution in [0.25, 0.3) is 0 Å². The van der Waals surface area contributed by atoms with Crippen molar-refractivity contribution in [2.75, 3.05) is 0 Å². The lowest BCUT2D eigenvalue weighted by Crippen LogP contribution is -2.17. The molecule has 90 valence electrons. The number of hydrogen-bond donors (Lipinski definition) is 1. The molecule has 0 atom stereocenters. The lowest BCUT2D eigenvalue weighted by Gasteiger charge is -2.09. The first-order chi connectivity index (χ1) is 7.93. The highest BCUT2D eigenvalue weighted by Crippen LogP contribution is 2.48. The minimum atomic E-state index is -0.926. The molecule has 1 aromatic carbocycles. The molecule has 2 rings (SSSR count). The summed E-state index contributed by atoms with van der Waals surface area (Å²) in [6.45, 7) is 0. The van der Waals surface area contributed by atoms with Crippen LogP contribution in [0.15, 0.2) is 18.2 Å². The van der Waals surface area contributed by atoms with Crippen molar-refractivity contribution < 1.29 is 19.2 Å². The number of carboxylic acids is 1. The van der Waals surface area contributed by atoms with E-state index in [1.807, 2.05) is 0 Å². The standard InChI is InChI=1S/C11H10FNO4/c12-8-3-7(4-9(5-8)13(16)17)6-11(1-2-11)10(14)15/h3-5H,1-2,6H2,(H,14,15). The maximum atomic E-state index is 13.1. The number of rotatable bonds is 4. The van der Waals surface area contributed by atoms with Gasteiger partial charge in [0.05, 0.1) is 16.4 Å². The van der Waals surface area contributed by atoms with Gasteiger partial charge in [0.15, 0.2) is 0 Å². The minimum Gasteiger partial charge on any atom is -0.481 e. The van der Waals surface area contributed by atoms with E-state index in [4.69, 9.17) is 5.11 Å².